The van der Waals surface area contributed by atoms with Gasteiger partial charge in [-0.15, -0.1) is 0 Å². The van der Waals surface area contributed by atoms with E-state index in [-0.39, 0.29) is 19.3 Å². The van der Waals surface area contributed by atoms with Crippen LogP contribution in [0.25, 0.3) is 0 Å². The lowest BCUT2D eigenvalue weighted by atomic mass is 9.89. The Labute approximate surface area is 105 Å². The molecule has 4 heteroatoms. The van der Waals surface area contributed by atoms with Gasteiger partial charge in [0.05, 0.1) is 18.2 Å². The Morgan fingerprint density at radius 2 is 1.82 bits per heavy atom. The topological polar surface area (TPSA) is 72.7 Å². The van der Waals surface area contributed by atoms with Crippen molar-refractivity contribution in [1.29, 1.82) is 0 Å². The average Bonchev–Trinajstić information content (AvgIpc) is 2.23. The van der Waals surface area contributed by atoms with Crippen molar-refractivity contribution < 1.29 is 15.3 Å². The van der Waals surface area contributed by atoms with Gasteiger partial charge in [-0.25, -0.2) is 0 Å². The Bertz CT molecular complexity index is 184. The molecular formula is C13H29NO3. The van der Waals surface area contributed by atoms with E-state index in [1.165, 1.54) is 0 Å². The second kappa shape index (κ2) is 8.86. The molecule has 4 nitrogen and oxygen atoms in total. The molecule has 0 saturated heterocycles. The molecule has 0 bridgehead atoms. The fourth-order valence-corrected chi connectivity index (χ4v) is 1.88. The van der Waals surface area contributed by atoms with Crippen molar-refractivity contribution in [2.24, 2.45) is 5.92 Å². The standard InChI is InChI=1S/C13H29NO3/c1-11(2)6-4-7-13(3,17)12(10-16)14-8-5-9-15/h11-12,14-17H,4-10H2,1-3H3. The van der Waals surface area contributed by atoms with E-state index in [2.05, 4.69) is 19.2 Å². The first-order valence-electron chi connectivity index (χ1n) is 6.61. The van der Waals surface area contributed by atoms with E-state index >= 15 is 0 Å². The molecule has 0 aliphatic rings. The van der Waals surface area contributed by atoms with Crippen LogP contribution in [0.4, 0.5) is 0 Å². The van der Waals surface area contributed by atoms with Gasteiger partial charge >= 0.3 is 0 Å². The van der Waals surface area contributed by atoms with Crippen LogP contribution in [0.1, 0.15) is 46.5 Å². The SMILES string of the molecule is CC(C)CCCC(C)(O)C(CO)NCCCO. The first kappa shape index (κ1) is 16.8. The molecule has 0 aromatic heterocycles. The summed E-state index contributed by atoms with van der Waals surface area (Å²) >= 11 is 0. The van der Waals surface area contributed by atoms with Crippen molar-refractivity contribution in [2.45, 2.75) is 58.1 Å². The molecule has 0 spiro atoms. The van der Waals surface area contributed by atoms with E-state index in [0.29, 0.717) is 25.3 Å². The third-order valence-corrected chi connectivity index (χ3v) is 3.12. The number of nitrogens with one attached hydrogen (secondary N) is 1. The maximum Gasteiger partial charge on any atom is 0.0794 e. The largest absolute Gasteiger partial charge is 0.396 e. The molecule has 0 rings (SSSR count). The smallest absolute Gasteiger partial charge is 0.0794 e. The van der Waals surface area contributed by atoms with E-state index in [9.17, 15) is 10.2 Å². The molecule has 0 heterocycles. The van der Waals surface area contributed by atoms with Crippen molar-refractivity contribution in [2.75, 3.05) is 19.8 Å². The quantitative estimate of drug-likeness (QED) is 0.433. The van der Waals surface area contributed by atoms with Gasteiger partial charge in [0.25, 0.3) is 0 Å². The summed E-state index contributed by atoms with van der Waals surface area (Å²) in [6.07, 6.45) is 3.37. The molecule has 0 aromatic rings. The molecule has 0 aliphatic carbocycles. The Kier molecular flexibility index (Phi) is 8.78. The summed E-state index contributed by atoms with van der Waals surface area (Å²) in [6.45, 7) is 6.75. The lowest BCUT2D eigenvalue weighted by Crippen LogP contribution is -2.51. The van der Waals surface area contributed by atoms with Crippen LogP contribution in [0, 0.1) is 5.92 Å². The van der Waals surface area contributed by atoms with E-state index in [1.54, 1.807) is 6.92 Å². The Morgan fingerprint density at radius 1 is 1.18 bits per heavy atom. The van der Waals surface area contributed by atoms with Gasteiger partial charge in [-0.2, -0.15) is 0 Å². The molecule has 0 aliphatic heterocycles. The van der Waals surface area contributed by atoms with Crippen LogP contribution < -0.4 is 5.32 Å². The van der Waals surface area contributed by atoms with Crippen LogP contribution in [-0.2, 0) is 0 Å². The summed E-state index contributed by atoms with van der Waals surface area (Å²) < 4.78 is 0. The van der Waals surface area contributed by atoms with Gasteiger partial charge in [0, 0.05) is 6.61 Å². The number of aliphatic hydroxyl groups is 3. The number of rotatable bonds is 10. The zero-order valence-corrected chi connectivity index (χ0v) is 11.4. The molecule has 17 heavy (non-hydrogen) atoms. The van der Waals surface area contributed by atoms with Gasteiger partial charge in [0.2, 0.25) is 0 Å². The zero-order chi connectivity index (χ0) is 13.3. The normalized spacial score (nSPS) is 17.1. The van der Waals surface area contributed by atoms with Crippen molar-refractivity contribution in [3.8, 4) is 0 Å². The van der Waals surface area contributed by atoms with Gasteiger partial charge in [-0.1, -0.05) is 26.7 Å². The third kappa shape index (κ3) is 7.71. The van der Waals surface area contributed by atoms with Crippen LogP contribution in [0.5, 0.6) is 0 Å². The Morgan fingerprint density at radius 3 is 2.29 bits per heavy atom. The number of aliphatic hydroxyl groups excluding tert-OH is 2. The predicted molar refractivity (Wildman–Crippen MR) is 69.9 cm³/mol. The molecule has 0 saturated carbocycles. The minimum Gasteiger partial charge on any atom is -0.396 e. The average molecular weight is 247 g/mol. The highest BCUT2D eigenvalue weighted by Gasteiger charge is 2.30. The van der Waals surface area contributed by atoms with Crippen LogP contribution in [0.2, 0.25) is 0 Å². The van der Waals surface area contributed by atoms with E-state index in [1.807, 2.05) is 0 Å². The van der Waals surface area contributed by atoms with Crippen molar-refractivity contribution in [3.05, 3.63) is 0 Å². The zero-order valence-electron chi connectivity index (χ0n) is 11.4. The highest BCUT2D eigenvalue weighted by molar-refractivity contribution is 4.87. The molecule has 0 amide bonds. The summed E-state index contributed by atoms with van der Waals surface area (Å²) in [5, 5.41) is 31.4. The van der Waals surface area contributed by atoms with E-state index in [4.69, 9.17) is 5.11 Å². The fraction of sp³-hybridized carbons (Fsp3) is 1.00. The molecule has 104 valence electrons. The van der Waals surface area contributed by atoms with Gasteiger partial charge in [-0.05, 0) is 32.2 Å². The van der Waals surface area contributed by atoms with Crippen molar-refractivity contribution in [1.82, 2.24) is 5.32 Å². The maximum atomic E-state index is 10.3. The highest BCUT2D eigenvalue weighted by atomic mass is 16.3. The maximum absolute atomic E-state index is 10.3. The van der Waals surface area contributed by atoms with Crippen molar-refractivity contribution >= 4 is 0 Å². The van der Waals surface area contributed by atoms with Gasteiger partial charge in [0.1, 0.15) is 0 Å². The van der Waals surface area contributed by atoms with E-state index in [0.717, 1.165) is 12.8 Å². The Hall–Kier alpha value is -0.160. The molecule has 0 fully saturated rings. The molecule has 4 N–H and O–H groups in total. The lowest BCUT2D eigenvalue weighted by molar-refractivity contribution is -0.0110. The van der Waals surface area contributed by atoms with Crippen molar-refractivity contribution in [3.63, 3.8) is 0 Å². The molecular weight excluding hydrogens is 218 g/mol. The van der Waals surface area contributed by atoms with Gasteiger partial charge in [0.15, 0.2) is 0 Å². The monoisotopic (exact) mass is 247 g/mol. The van der Waals surface area contributed by atoms with Crippen LogP contribution in [0.15, 0.2) is 0 Å². The first-order chi connectivity index (χ1) is 7.94. The molecule has 2 atom stereocenters. The van der Waals surface area contributed by atoms with Crippen LogP contribution >= 0.6 is 0 Å². The molecule has 0 radical (unpaired) electrons. The minimum absolute atomic E-state index is 0.0832. The summed E-state index contributed by atoms with van der Waals surface area (Å²) in [5.41, 5.74) is -0.890. The number of hydrogen-bond donors (Lipinski definition) is 4. The number of hydrogen-bond acceptors (Lipinski definition) is 4. The van der Waals surface area contributed by atoms with Crippen LogP contribution in [0.3, 0.4) is 0 Å². The van der Waals surface area contributed by atoms with E-state index < -0.39 is 5.60 Å². The predicted octanol–water partition coefficient (Wildman–Crippen LogP) is 0.897. The molecule has 0 aromatic carbocycles. The minimum atomic E-state index is -0.890. The third-order valence-electron chi connectivity index (χ3n) is 3.12. The summed E-state index contributed by atoms with van der Waals surface area (Å²) in [6, 6.07) is -0.318. The second-order valence-electron chi connectivity index (χ2n) is 5.41. The summed E-state index contributed by atoms with van der Waals surface area (Å²) in [4.78, 5) is 0. The van der Waals surface area contributed by atoms with Gasteiger partial charge < -0.3 is 20.6 Å². The highest BCUT2D eigenvalue weighted by Crippen LogP contribution is 2.20. The summed E-state index contributed by atoms with van der Waals surface area (Å²) in [5.74, 6) is 0.640. The Balaban J connectivity index is 4.02. The second-order valence-corrected chi connectivity index (χ2v) is 5.41. The van der Waals surface area contributed by atoms with Gasteiger partial charge in [-0.3, -0.25) is 0 Å². The first-order valence-corrected chi connectivity index (χ1v) is 6.61. The molecule has 2 unspecified atom stereocenters. The summed E-state index contributed by atoms with van der Waals surface area (Å²) in [7, 11) is 0. The van der Waals surface area contributed by atoms with Crippen LogP contribution in [-0.4, -0.2) is 46.7 Å². The fourth-order valence-electron chi connectivity index (χ4n) is 1.88. The lowest BCUT2D eigenvalue weighted by Gasteiger charge is -2.32.